The molecule has 1 N–H and O–H groups in total. The van der Waals surface area contributed by atoms with Gasteiger partial charge in [0.15, 0.2) is 0 Å². The smallest absolute Gasteiger partial charge is 0.0296 e. The minimum atomic E-state index is -0.693. The van der Waals surface area contributed by atoms with Crippen LogP contribution < -0.4 is 5.32 Å². The largest absolute Gasteiger partial charge is 0.308 e. The van der Waals surface area contributed by atoms with Crippen molar-refractivity contribution in [3.05, 3.63) is 34.9 Å². The minimum Gasteiger partial charge on any atom is -0.308 e. The van der Waals surface area contributed by atoms with E-state index in [1.54, 1.807) is 6.26 Å². The van der Waals surface area contributed by atoms with Gasteiger partial charge in [-0.2, -0.15) is 0 Å². The minimum absolute atomic E-state index is 0.339. The third-order valence-electron chi connectivity index (χ3n) is 3.26. The molecule has 0 aromatic heterocycles. The summed E-state index contributed by atoms with van der Waals surface area (Å²) in [6.07, 6.45) is 2.72. The van der Waals surface area contributed by atoms with Crippen molar-refractivity contribution in [2.45, 2.75) is 46.2 Å². The summed E-state index contributed by atoms with van der Waals surface area (Å²) in [5.41, 5.74) is 3.99. The molecule has 1 rings (SSSR count). The van der Waals surface area contributed by atoms with Crippen molar-refractivity contribution in [1.29, 1.82) is 0 Å². The highest BCUT2D eigenvalue weighted by molar-refractivity contribution is 7.84. The molecule has 0 aliphatic rings. The first-order valence-electron chi connectivity index (χ1n) is 6.53. The van der Waals surface area contributed by atoms with E-state index in [9.17, 15) is 4.21 Å². The molecule has 0 spiro atoms. The predicted molar refractivity (Wildman–Crippen MR) is 80.5 cm³/mol. The molecular weight excluding hydrogens is 242 g/mol. The first kappa shape index (κ1) is 15.4. The average Bonchev–Trinajstić information content (AvgIpc) is 2.26. The molecule has 102 valence electrons. The third kappa shape index (κ3) is 4.91. The monoisotopic (exact) mass is 267 g/mol. The molecule has 0 aliphatic carbocycles. The SMILES string of the molecule is Cc1ccc(C(C)NC(C)CCS(C)=O)c(C)c1. The fourth-order valence-electron chi connectivity index (χ4n) is 2.25. The quantitative estimate of drug-likeness (QED) is 0.858. The highest BCUT2D eigenvalue weighted by atomic mass is 32.2. The van der Waals surface area contributed by atoms with Crippen molar-refractivity contribution >= 4 is 10.8 Å². The predicted octanol–water partition coefficient (Wildman–Crippen LogP) is 3.11. The molecule has 1 aromatic carbocycles. The molecule has 0 saturated heterocycles. The number of rotatable bonds is 6. The van der Waals surface area contributed by atoms with Gasteiger partial charge in [0.25, 0.3) is 0 Å². The molecule has 2 nitrogen and oxygen atoms in total. The molecule has 0 aliphatic heterocycles. The highest BCUT2D eigenvalue weighted by Crippen LogP contribution is 2.19. The second-order valence-electron chi connectivity index (χ2n) is 5.22. The van der Waals surface area contributed by atoms with Crippen LogP contribution >= 0.6 is 0 Å². The van der Waals surface area contributed by atoms with Crippen LogP contribution in [-0.4, -0.2) is 22.3 Å². The lowest BCUT2D eigenvalue weighted by molar-refractivity contribution is 0.469. The number of aryl methyl sites for hydroxylation is 2. The molecule has 0 bridgehead atoms. The molecule has 0 heterocycles. The van der Waals surface area contributed by atoms with Crippen molar-refractivity contribution in [1.82, 2.24) is 5.32 Å². The van der Waals surface area contributed by atoms with E-state index in [4.69, 9.17) is 0 Å². The van der Waals surface area contributed by atoms with E-state index in [1.165, 1.54) is 16.7 Å². The first-order valence-corrected chi connectivity index (χ1v) is 8.26. The van der Waals surface area contributed by atoms with Gasteiger partial charge in [-0.05, 0) is 45.2 Å². The van der Waals surface area contributed by atoms with Gasteiger partial charge in [-0.15, -0.1) is 0 Å². The second kappa shape index (κ2) is 7.05. The lowest BCUT2D eigenvalue weighted by Gasteiger charge is -2.22. The lowest BCUT2D eigenvalue weighted by Crippen LogP contribution is -2.30. The lowest BCUT2D eigenvalue weighted by atomic mass is 9.99. The Hall–Kier alpha value is -0.670. The van der Waals surface area contributed by atoms with Gasteiger partial charge in [0.2, 0.25) is 0 Å². The van der Waals surface area contributed by atoms with Crippen molar-refractivity contribution in [2.24, 2.45) is 0 Å². The molecule has 3 atom stereocenters. The topological polar surface area (TPSA) is 29.1 Å². The van der Waals surface area contributed by atoms with E-state index in [0.29, 0.717) is 12.1 Å². The standard InChI is InChI=1S/C15H25NOS/c1-11-6-7-15(12(2)10-11)14(4)16-13(3)8-9-18(5)17/h6-7,10,13-14,16H,8-9H2,1-5H3. The van der Waals surface area contributed by atoms with Crippen molar-refractivity contribution in [3.8, 4) is 0 Å². The van der Waals surface area contributed by atoms with Crippen LogP contribution in [0, 0.1) is 13.8 Å². The Morgan fingerprint density at radius 2 is 1.94 bits per heavy atom. The van der Waals surface area contributed by atoms with Gasteiger partial charge in [0, 0.05) is 34.9 Å². The number of benzene rings is 1. The van der Waals surface area contributed by atoms with Crippen molar-refractivity contribution in [2.75, 3.05) is 12.0 Å². The van der Waals surface area contributed by atoms with E-state index in [0.717, 1.165) is 12.2 Å². The Morgan fingerprint density at radius 1 is 1.28 bits per heavy atom. The third-order valence-corrected chi connectivity index (χ3v) is 4.08. The molecule has 0 amide bonds. The van der Waals surface area contributed by atoms with Crippen LogP contribution in [0.2, 0.25) is 0 Å². The summed E-state index contributed by atoms with van der Waals surface area (Å²) in [5.74, 6) is 0.772. The number of hydrogen-bond acceptors (Lipinski definition) is 2. The van der Waals surface area contributed by atoms with E-state index < -0.39 is 10.8 Å². The zero-order valence-electron chi connectivity index (χ0n) is 12.1. The van der Waals surface area contributed by atoms with E-state index in [1.807, 2.05) is 0 Å². The maximum absolute atomic E-state index is 11.1. The van der Waals surface area contributed by atoms with Crippen LogP contribution in [0.3, 0.4) is 0 Å². The summed E-state index contributed by atoms with van der Waals surface area (Å²) >= 11 is 0. The zero-order chi connectivity index (χ0) is 13.7. The van der Waals surface area contributed by atoms with Crippen LogP contribution in [0.25, 0.3) is 0 Å². The van der Waals surface area contributed by atoms with Crippen LogP contribution in [0.1, 0.15) is 43.0 Å². The van der Waals surface area contributed by atoms with Gasteiger partial charge >= 0.3 is 0 Å². The van der Waals surface area contributed by atoms with E-state index >= 15 is 0 Å². The van der Waals surface area contributed by atoms with E-state index in [-0.39, 0.29) is 0 Å². The fourth-order valence-corrected chi connectivity index (χ4v) is 2.94. The summed E-state index contributed by atoms with van der Waals surface area (Å²) in [7, 11) is -0.693. The average molecular weight is 267 g/mol. The number of nitrogens with one attached hydrogen (secondary N) is 1. The van der Waals surface area contributed by atoms with Gasteiger partial charge < -0.3 is 5.32 Å². The maximum atomic E-state index is 11.1. The van der Waals surface area contributed by atoms with Crippen molar-refractivity contribution in [3.63, 3.8) is 0 Å². The molecule has 0 saturated carbocycles. The normalized spacial score (nSPS) is 16.3. The van der Waals surface area contributed by atoms with Crippen molar-refractivity contribution < 1.29 is 4.21 Å². The summed E-state index contributed by atoms with van der Waals surface area (Å²) in [4.78, 5) is 0. The molecular formula is C15H25NOS. The fraction of sp³-hybridized carbons (Fsp3) is 0.600. The Morgan fingerprint density at radius 3 is 2.50 bits per heavy atom. The first-order chi connectivity index (χ1) is 8.40. The summed E-state index contributed by atoms with van der Waals surface area (Å²) in [5, 5.41) is 3.58. The van der Waals surface area contributed by atoms with Gasteiger partial charge in [-0.3, -0.25) is 4.21 Å². The molecule has 18 heavy (non-hydrogen) atoms. The molecule has 1 aromatic rings. The Labute approximate surface area is 114 Å². The maximum Gasteiger partial charge on any atom is 0.0296 e. The highest BCUT2D eigenvalue weighted by Gasteiger charge is 2.11. The summed E-state index contributed by atoms with van der Waals surface area (Å²) in [6, 6.07) is 7.31. The molecule has 3 heteroatoms. The Bertz CT molecular complexity index is 417. The van der Waals surface area contributed by atoms with Crippen LogP contribution in [0.4, 0.5) is 0 Å². The second-order valence-corrected chi connectivity index (χ2v) is 6.77. The summed E-state index contributed by atoms with van der Waals surface area (Å²) < 4.78 is 11.1. The van der Waals surface area contributed by atoms with Gasteiger partial charge in [-0.25, -0.2) is 0 Å². The van der Waals surface area contributed by atoms with Crippen LogP contribution in [0.5, 0.6) is 0 Å². The Kier molecular flexibility index (Phi) is 6.03. The molecule has 0 fully saturated rings. The van der Waals surface area contributed by atoms with Gasteiger partial charge in [-0.1, -0.05) is 23.8 Å². The molecule has 0 radical (unpaired) electrons. The zero-order valence-corrected chi connectivity index (χ0v) is 12.9. The number of hydrogen-bond donors (Lipinski definition) is 1. The van der Waals surface area contributed by atoms with Crippen LogP contribution in [-0.2, 0) is 10.8 Å². The summed E-state index contributed by atoms with van der Waals surface area (Å²) in [6.45, 7) is 8.63. The molecule has 3 unspecified atom stereocenters. The van der Waals surface area contributed by atoms with Gasteiger partial charge in [0.05, 0.1) is 0 Å². The van der Waals surface area contributed by atoms with Crippen LogP contribution in [0.15, 0.2) is 18.2 Å². The van der Waals surface area contributed by atoms with E-state index in [2.05, 4.69) is 51.2 Å². The Balaban J connectivity index is 2.59. The van der Waals surface area contributed by atoms with Gasteiger partial charge in [0.1, 0.15) is 0 Å².